The fourth-order valence-electron chi connectivity index (χ4n) is 6.38. The lowest BCUT2D eigenvalue weighted by atomic mass is 9.53. The minimum atomic E-state index is -0.960. The van der Waals surface area contributed by atoms with Gasteiger partial charge in [0.1, 0.15) is 11.5 Å². The summed E-state index contributed by atoms with van der Waals surface area (Å²) in [5, 5.41) is 18.9. The SMILES string of the molecule is O=C(O)c1ccc(-c2noc(C34CCC(/C=C\c5c(-c6c(Cl)cccc6Cl)noc5C5CC5)(CC3)CC4)n2)cc1. The van der Waals surface area contributed by atoms with Crippen LogP contribution in [-0.2, 0) is 5.41 Å². The van der Waals surface area contributed by atoms with Crippen LogP contribution in [0.15, 0.2) is 57.6 Å². The number of hydrogen-bond acceptors (Lipinski definition) is 6. The molecule has 4 saturated carbocycles. The predicted octanol–water partition coefficient (Wildman–Crippen LogP) is 8.58. The van der Waals surface area contributed by atoms with Crippen LogP contribution in [0.1, 0.15) is 84.9 Å². The summed E-state index contributed by atoms with van der Waals surface area (Å²) in [6.45, 7) is 0. The number of carbonyl (C=O) groups is 1. The van der Waals surface area contributed by atoms with Crippen LogP contribution >= 0.6 is 23.2 Å². The summed E-state index contributed by atoms with van der Waals surface area (Å²) < 4.78 is 11.7. The van der Waals surface area contributed by atoms with Crippen LogP contribution in [0.3, 0.4) is 0 Å². The number of halogens is 2. The minimum absolute atomic E-state index is 0.0941. The zero-order chi connectivity index (χ0) is 27.5. The average Bonchev–Trinajstić information content (AvgIpc) is 3.53. The quantitative estimate of drug-likeness (QED) is 0.235. The Bertz CT molecular complexity index is 1590. The molecule has 4 fully saturated rings. The summed E-state index contributed by atoms with van der Waals surface area (Å²) in [6.07, 6.45) is 12.8. The van der Waals surface area contributed by atoms with E-state index in [2.05, 4.69) is 22.5 Å². The molecule has 8 rings (SSSR count). The van der Waals surface area contributed by atoms with Crippen molar-refractivity contribution in [2.24, 2.45) is 5.41 Å². The molecule has 4 aromatic rings. The van der Waals surface area contributed by atoms with Gasteiger partial charge in [-0.15, -0.1) is 0 Å². The number of benzene rings is 2. The van der Waals surface area contributed by atoms with Gasteiger partial charge in [-0.25, -0.2) is 4.79 Å². The van der Waals surface area contributed by atoms with E-state index in [-0.39, 0.29) is 16.4 Å². The van der Waals surface area contributed by atoms with E-state index in [1.54, 1.807) is 24.3 Å². The first-order valence-corrected chi connectivity index (χ1v) is 14.4. The average molecular weight is 576 g/mol. The summed E-state index contributed by atoms with van der Waals surface area (Å²) in [5.74, 6) is 1.55. The molecular formula is C31H27Cl2N3O4. The van der Waals surface area contributed by atoms with Crippen molar-refractivity contribution < 1.29 is 18.9 Å². The van der Waals surface area contributed by atoms with Gasteiger partial charge in [-0.1, -0.05) is 63.9 Å². The zero-order valence-corrected chi connectivity index (χ0v) is 23.2. The van der Waals surface area contributed by atoms with Crippen LogP contribution in [-0.4, -0.2) is 26.4 Å². The highest BCUT2D eigenvalue weighted by atomic mass is 35.5. The molecule has 1 N–H and O–H groups in total. The topological polar surface area (TPSA) is 102 Å². The monoisotopic (exact) mass is 575 g/mol. The second kappa shape index (κ2) is 9.60. The molecule has 0 spiro atoms. The Morgan fingerprint density at radius 2 is 1.60 bits per heavy atom. The first-order valence-electron chi connectivity index (χ1n) is 13.7. The Hall–Kier alpha value is -3.42. The summed E-state index contributed by atoms with van der Waals surface area (Å²) in [6, 6.07) is 12.1. The maximum Gasteiger partial charge on any atom is 0.335 e. The maximum atomic E-state index is 11.2. The van der Waals surface area contributed by atoms with E-state index < -0.39 is 5.97 Å². The van der Waals surface area contributed by atoms with Gasteiger partial charge in [0.15, 0.2) is 0 Å². The molecule has 7 nitrogen and oxygen atoms in total. The van der Waals surface area contributed by atoms with Gasteiger partial charge >= 0.3 is 5.97 Å². The molecule has 2 aromatic carbocycles. The van der Waals surface area contributed by atoms with E-state index in [4.69, 9.17) is 42.3 Å². The molecule has 9 heteroatoms. The van der Waals surface area contributed by atoms with Crippen molar-refractivity contribution in [3.8, 4) is 22.6 Å². The molecule has 2 heterocycles. The number of fused-ring (bicyclic) bond motifs is 3. The minimum Gasteiger partial charge on any atom is -0.478 e. The second-order valence-electron chi connectivity index (χ2n) is 11.5. The third-order valence-corrected chi connectivity index (χ3v) is 9.71. The number of allylic oxidation sites excluding steroid dienone is 1. The van der Waals surface area contributed by atoms with Crippen molar-refractivity contribution in [1.82, 2.24) is 15.3 Å². The number of nitrogens with zero attached hydrogens (tertiary/aromatic N) is 3. The predicted molar refractivity (Wildman–Crippen MR) is 151 cm³/mol. The van der Waals surface area contributed by atoms with Gasteiger partial charge in [0, 0.05) is 28.0 Å². The first kappa shape index (κ1) is 25.5. The Kier molecular flexibility index (Phi) is 6.13. The van der Waals surface area contributed by atoms with Crippen molar-refractivity contribution >= 4 is 35.2 Å². The molecule has 2 bridgehead atoms. The lowest BCUT2D eigenvalue weighted by Crippen LogP contribution is -2.43. The van der Waals surface area contributed by atoms with Gasteiger partial charge < -0.3 is 14.2 Å². The summed E-state index contributed by atoms with van der Waals surface area (Å²) in [7, 11) is 0. The van der Waals surface area contributed by atoms with Gasteiger partial charge in [-0.2, -0.15) is 4.98 Å². The Morgan fingerprint density at radius 1 is 0.925 bits per heavy atom. The number of carboxylic acids is 1. The highest BCUT2D eigenvalue weighted by Gasteiger charge is 2.51. The molecule has 4 aliphatic rings. The van der Waals surface area contributed by atoms with Crippen molar-refractivity contribution in [2.45, 2.75) is 62.7 Å². The van der Waals surface area contributed by atoms with Gasteiger partial charge in [0.2, 0.25) is 11.7 Å². The molecule has 0 aliphatic heterocycles. The van der Waals surface area contributed by atoms with Crippen LogP contribution < -0.4 is 0 Å². The maximum absolute atomic E-state index is 11.2. The number of rotatable bonds is 7. The van der Waals surface area contributed by atoms with Crippen LogP contribution in [0, 0.1) is 5.41 Å². The van der Waals surface area contributed by atoms with Crippen molar-refractivity contribution in [1.29, 1.82) is 0 Å². The number of aromatic carboxylic acids is 1. The Labute approximate surface area is 241 Å². The molecule has 0 radical (unpaired) electrons. The van der Waals surface area contributed by atoms with Gasteiger partial charge in [-0.05, 0) is 81.0 Å². The highest BCUT2D eigenvalue weighted by molar-refractivity contribution is 6.39. The highest BCUT2D eigenvalue weighted by Crippen LogP contribution is 2.58. The lowest BCUT2D eigenvalue weighted by Gasteiger charge is -2.50. The van der Waals surface area contributed by atoms with Crippen LogP contribution in [0.4, 0.5) is 0 Å². The smallest absolute Gasteiger partial charge is 0.335 e. The molecule has 0 amide bonds. The van der Waals surface area contributed by atoms with Crippen LogP contribution in [0.25, 0.3) is 28.7 Å². The molecule has 204 valence electrons. The summed E-state index contributed by atoms with van der Waals surface area (Å²) >= 11 is 13.1. The number of carboxylic acid groups (broad SMARTS) is 1. The Balaban J connectivity index is 1.12. The molecular weight excluding hydrogens is 549 g/mol. The normalized spacial score (nSPS) is 24.1. The van der Waals surface area contributed by atoms with Crippen LogP contribution in [0.5, 0.6) is 0 Å². The zero-order valence-electron chi connectivity index (χ0n) is 21.7. The fraction of sp³-hybridized carbons (Fsp3) is 0.355. The number of hydrogen-bond donors (Lipinski definition) is 1. The summed E-state index contributed by atoms with van der Waals surface area (Å²) in [4.78, 5) is 15.9. The molecule has 4 aliphatic carbocycles. The molecule has 0 atom stereocenters. The molecule has 0 unspecified atom stereocenters. The van der Waals surface area contributed by atoms with Gasteiger partial charge in [0.25, 0.3) is 0 Å². The third-order valence-electron chi connectivity index (χ3n) is 9.08. The first-order chi connectivity index (χ1) is 19.4. The van der Waals surface area contributed by atoms with Crippen LogP contribution in [0.2, 0.25) is 10.0 Å². The second-order valence-corrected chi connectivity index (χ2v) is 12.3. The van der Waals surface area contributed by atoms with E-state index in [0.29, 0.717) is 33.4 Å². The van der Waals surface area contributed by atoms with Crippen molar-refractivity contribution in [3.63, 3.8) is 0 Å². The third kappa shape index (κ3) is 4.36. The largest absolute Gasteiger partial charge is 0.478 e. The lowest BCUT2D eigenvalue weighted by molar-refractivity contribution is 0.0569. The molecule has 0 saturated heterocycles. The van der Waals surface area contributed by atoms with E-state index in [1.165, 1.54) is 0 Å². The van der Waals surface area contributed by atoms with E-state index in [1.807, 2.05) is 18.2 Å². The Morgan fingerprint density at radius 3 is 2.23 bits per heavy atom. The summed E-state index contributed by atoms with van der Waals surface area (Å²) in [5.41, 5.74) is 3.37. The standard InChI is InChI=1S/C31H27Cl2N3O4/c32-22-2-1-3-23(33)24(22)25-21(26(39-35-25)18-4-5-18)10-11-30-12-15-31(16-13-30,17-14-30)29-34-27(36-40-29)19-6-8-20(9-7-19)28(37)38/h1-3,6-11,18H,4-5,12-17H2,(H,37,38)/b11-10-. The van der Waals surface area contributed by atoms with Crippen molar-refractivity contribution in [2.75, 3.05) is 0 Å². The van der Waals surface area contributed by atoms with E-state index in [9.17, 15) is 4.79 Å². The fourth-order valence-corrected chi connectivity index (χ4v) is 6.96. The number of aromatic nitrogens is 3. The van der Waals surface area contributed by atoms with Gasteiger partial charge in [0.05, 0.1) is 15.6 Å². The van der Waals surface area contributed by atoms with Gasteiger partial charge in [-0.3, -0.25) is 0 Å². The van der Waals surface area contributed by atoms with E-state index in [0.717, 1.165) is 73.8 Å². The molecule has 2 aromatic heterocycles. The van der Waals surface area contributed by atoms with Crippen molar-refractivity contribution in [3.05, 3.63) is 81.4 Å². The van der Waals surface area contributed by atoms with E-state index >= 15 is 0 Å². The molecule has 40 heavy (non-hydrogen) atoms.